The molecule has 0 saturated carbocycles. The molecule has 0 atom stereocenters. The van der Waals surface area contributed by atoms with Crippen LogP contribution in [0.4, 0.5) is 13.2 Å². The molecule has 1 saturated heterocycles. The highest BCUT2D eigenvalue weighted by atomic mass is 19.4. The van der Waals surface area contributed by atoms with E-state index in [2.05, 4.69) is 6.92 Å². The second-order valence-electron chi connectivity index (χ2n) is 4.35. The summed E-state index contributed by atoms with van der Waals surface area (Å²) in [5.41, 5.74) is 0. The molecular weight excluding hydrogens is 221 g/mol. The van der Waals surface area contributed by atoms with Crippen LogP contribution in [0, 0.1) is 5.92 Å². The summed E-state index contributed by atoms with van der Waals surface area (Å²) in [5.74, 6) is 0.0985. The summed E-state index contributed by atoms with van der Waals surface area (Å²) >= 11 is 0. The van der Waals surface area contributed by atoms with Gasteiger partial charge in [-0.15, -0.1) is 0 Å². The predicted octanol–water partition coefficient (Wildman–Crippen LogP) is 1.40. The molecule has 16 heavy (non-hydrogen) atoms. The molecule has 0 unspecified atom stereocenters. The van der Waals surface area contributed by atoms with Crippen molar-refractivity contribution in [2.24, 2.45) is 5.92 Å². The van der Waals surface area contributed by atoms with Crippen LogP contribution < -0.4 is 5.32 Å². The Balaban J connectivity index is 2.19. The number of piperidine rings is 1. The Kier molecular flexibility index (Phi) is 4.58. The molecular formula is C10H17F3N2O. The van der Waals surface area contributed by atoms with E-state index in [1.807, 2.05) is 10.2 Å². The van der Waals surface area contributed by atoms with Gasteiger partial charge in [0.15, 0.2) is 0 Å². The van der Waals surface area contributed by atoms with Crippen molar-refractivity contribution in [1.82, 2.24) is 10.2 Å². The van der Waals surface area contributed by atoms with Gasteiger partial charge < -0.3 is 5.32 Å². The lowest BCUT2D eigenvalue weighted by atomic mass is 9.99. The van der Waals surface area contributed by atoms with E-state index in [-0.39, 0.29) is 6.54 Å². The van der Waals surface area contributed by atoms with Crippen LogP contribution >= 0.6 is 0 Å². The Morgan fingerprint density at radius 1 is 1.38 bits per heavy atom. The number of halogens is 3. The van der Waals surface area contributed by atoms with Crippen molar-refractivity contribution >= 4 is 5.91 Å². The second kappa shape index (κ2) is 5.52. The third kappa shape index (κ3) is 5.34. The molecule has 6 heteroatoms. The molecule has 0 spiro atoms. The highest BCUT2D eigenvalue weighted by Crippen LogP contribution is 2.15. The quantitative estimate of drug-likeness (QED) is 0.806. The van der Waals surface area contributed by atoms with Crippen molar-refractivity contribution < 1.29 is 18.0 Å². The van der Waals surface area contributed by atoms with E-state index in [4.69, 9.17) is 0 Å². The van der Waals surface area contributed by atoms with Gasteiger partial charge in [-0.05, 0) is 31.8 Å². The van der Waals surface area contributed by atoms with Gasteiger partial charge in [0.05, 0.1) is 6.54 Å². The molecule has 94 valence electrons. The summed E-state index contributed by atoms with van der Waals surface area (Å²) in [5, 5.41) is 1.88. The normalized spacial score (nSPS) is 19.8. The van der Waals surface area contributed by atoms with Crippen molar-refractivity contribution in [3.63, 3.8) is 0 Å². The third-order valence-corrected chi connectivity index (χ3v) is 2.73. The zero-order chi connectivity index (χ0) is 12.2. The number of carbonyl (C=O) groups excluding carboxylic acids is 1. The Bertz CT molecular complexity index is 235. The molecule has 1 aliphatic rings. The minimum Gasteiger partial charge on any atom is -0.346 e. The fourth-order valence-electron chi connectivity index (χ4n) is 1.68. The fraction of sp³-hybridized carbons (Fsp3) is 0.900. The van der Waals surface area contributed by atoms with Crippen molar-refractivity contribution in [3.05, 3.63) is 0 Å². The van der Waals surface area contributed by atoms with Crippen molar-refractivity contribution in [2.75, 3.05) is 26.2 Å². The first-order chi connectivity index (χ1) is 7.37. The molecule has 0 aromatic rings. The van der Waals surface area contributed by atoms with Crippen molar-refractivity contribution in [3.8, 4) is 0 Å². The van der Waals surface area contributed by atoms with E-state index < -0.39 is 18.6 Å². The number of nitrogens with one attached hydrogen (secondary N) is 1. The van der Waals surface area contributed by atoms with Crippen LogP contribution in [0.1, 0.15) is 19.8 Å². The smallest absolute Gasteiger partial charge is 0.346 e. The highest BCUT2D eigenvalue weighted by Gasteiger charge is 2.28. The maximum atomic E-state index is 11.8. The summed E-state index contributed by atoms with van der Waals surface area (Å²) in [6.07, 6.45) is -2.31. The van der Waals surface area contributed by atoms with Crippen molar-refractivity contribution in [2.45, 2.75) is 25.9 Å². The number of nitrogens with zero attached hydrogens (tertiary/aromatic N) is 1. The summed E-state index contributed by atoms with van der Waals surface area (Å²) < 4.78 is 35.5. The molecule has 1 N–H and O–H groups in total. The highest BCUT2D eigenvalue weighted by molar-refractivity contribution is 5.78. The molecule has 0 aromatic heterocycles. The summed E-state index contributed by atoms with van der Waals surface area (Å²) in [6.45, 7) is 2.56. The lowest BCUT2D eigenvalue weighted by molar-refractivity contribution is -0.139. The number of amides is 1. The van der Waals surface area contributed by atoms with E-state index in [0.717, 1.165) is 25.9 Å². The Morgan fingerprint density at radius 3 is 2.44 bits per heavy atom. The van der Waals surface area contributed by atoms with Gasteiger partial charge in [0.25, 0.3) is 0 Å². The molecule has 1 rings (SSSR count). The molecule has 0 radical (unpaired) electrons. The van der Waals surface area contributed by atoms with Crippen LogP contribution in [-0.4, -0.2) is 43.2 Å². The van der Waals surface area contributed by atoms with Gasteiger partial charge in [-0.1, -0.05) is 6.92 Å². The first-order valence-corrected chi connectivity index (χ1v) is 5.42. The zero-order valence-corrected chi connectivity index (χ0v) is 9.31. The fourth-order valence-corrected chi connectivity index (χ4v) is 1.68. The maximum absolute atomic E-state index is 11.8. The molecule has 1 amide bonds. The Morgan fingerprint density at radius 2 is 1.94 bits per heavy atom. The number of alkyl halides is 3. The monoisotopic (exact) mass is 238 g/mol. The van der Waals surface area contributed by atoms with E-state index in [0.29, 0.717) is 5.92 Å². The van der Waals surface area contributed by atoms with Gasteiger partial charge in [0.1, 0.15) is 6.54 Å². The van der Waals surface area contributed by atoms with E-state index in [1.54, 1.807) is 0 Å². The summed E-state index contributed by atoms with van der Waals surface area (Å²) in [6, 6.07) is 0. The van der Waals surface area contributed by atoms with Crippen LogP contribution in [0.3, 0.4) is 0 Å². The van der Waals surface area contributed by atoms with Crippen LogP contribution in [0.15, 0.2) is 0 Å². The van der Waals surface area contributed by atoms with Gasteiger partial charge in [0, 0.05) is 0 Å². The molecule has 3 nitrogen and oxygen atoms in total. The molecule has 0 bridgehead atoms. The predicted molar refractivity (Wildman–Crippen MR) is 53.9 cm³/mol. The van der Waals surface area contributed by atoms with Gasteiger partial charge >= 0.3 is 6.18 Å². The molecule has 1 aliphatic heterocycles. The molecule has 0 aliphatic carbocycles. The lowest BCUT2D eigenvalue weighted by Gasteiger charge is -2.29. The van der Waals surface area contributed by atoms with Gasteiger partial charge in [-0.25, -0.2) is 0 Å². The van der Waals surface area contributed by atoms with Crippen molar-refractivity contribution in [1.29, 1.82) is 0 Å². The summed E-state index contributed by atoms with van der Waals surface area (Å²) in [4.78, 5) is 13.1. The largest absolute Gasteiger partial charge is 0.405 e. The average Bonchev–Trinajstić information content (AvgIpc) is 2.18. The number of hydrogen-bond acceptors (Lipinski definition) is 2. The first kappa shape index (κ1) is 13.3. The molecule has 1 fully saturated rings. The molecule has 1 heterocycles. The lowest BCUT2D eigenvalue weighted by Crippen LogP contribution is -2.43. The summed E-state index contributed by atoms with van der Waals surface area (Å²) in [7, 11) is 0. The minimum absolute atomic E-state index is 0.0722. The number of rotatable bonds is 3. The van der Waals surface area contributed by atoms with Crippen LogP contribution in [0.25, 0.3) is 0 Å². The Hall–Kier alpha value is -0.780. The van der Waals surface area contributed by atoms with E-state index in [9.17, 15) is 18.0 Å². The van der Waals surface area contributed by atoms with E-state index in [1.165, 1.54) is 0 Å². The number of carbonyl (C=O) groups is 1. The third-order valence-electron chi connectivity index (χ3n) is 2.73. The number of hydrogen-bond donors (Lipinski definition) is 1. The van der Waals surface area contributed by atoms with Crippen LogP contribution in [-0.2, 0) is 4.79 Å². The first-order valence-electron chi connectivity index (χ1n) is 5.42. The second-order valence-corrected chi connectivity index (χ2v) is 4.35. The van der Waals surface area contributed by atoms with Crippen LogP contribution in [0.5, 0.6) is 0 Å². The SMILES string of the molecule is CC1CCN(CC(=O)NCC(F)(F)F)CC1. The average molecular weight is 238 g/mol. The minimum atomic E-state index is -4.33. The molecule has 0 aromatic carbocycles. The Labute approximate surface area is 93.0 Å². The van der Waals surface area contributed by atoms with Gasteiger partial charge in [-0.2, -0.15) is 13.2 Å². The zero-order valence-electron chi connectivity index (χ0n) is 9.31. The van der Waals surface area contributed by atoms with Crippen LogP contribution in [0.2, 0.25) is 0 Å². The number of likely N-dealkylation sites (tertiary alicyclic amines) is 1. The maximum Gasteiger partial charge on any atom is 0.405 e. The van der Waals surface area contributed by atoms with Gasteiger partial charge in [-0.3, -0.25) is 9.69 Å². The van der Waals surface area contributed by atoms with E-state index >= 15 is 0 Å². The topological polar surface area (TPSA) is 32.3 Å². The standard InChI is InChI=1S/C10H17F3N2O/c1-8-2-4-15(5-3-8)6-9(16)14-7-10(11,12)13/h8H,2-7H2,1H3,(H,14,16). The van der Waals surface area contributed by atoms with Gasteiger partial charge in [0.2, 0.25) is 5.91 Å².